The lowest BCUT2D eigenvalue weighted by molar-refractivity contribution is 0.952. The van der Waals surface area contributed by atoms with Gasteiger partial charge in [0.25, 0.3) is 0 Å². The van der Waals surface area contributed by atoms with Gasteiger partial charge in [-0.1, -0.05) is 140 Å². The Morgan fingerprint density at radius 1 is 0.250 bits per heavy atom. The van der Waals surface area contributed by atoms with E-state index in [1.807, 2.05) is 0 Å². The van der Waals surface area contributed by atoms with Gasteiger partial charge in [-0.15, -0.1) is 0 Å². The highest BCUT2D eigenvalue weighted by Gasteiger charge is 2.23. The van der Waals surface area contributed by atoms with Crippen LogP contribution in [0.3, 0.4) is 0 Å². The van der Waals surface area contributed by atoms with E-state index < -0.39 is 0 Å². The zero-order chi connectivity index (χ0) is 41.9. The predicted octanol–water partition coefficient (Wildman–Crippen LogP) is 14.5. The first-order valence-corrected chi connectivity index (χ1v) is 21.8. The van der Waals surface area contributed by atoms with Gasteiger partial charge in [0.1, 0.15) is 5.82 Å². The zero-order valence-electron chi connectivity index (χ0n) is 34.5. The summed E-state index contributed by atoms with van der Waals surface area (Å²) in [5.41, 5.74) is 13.0. The molecule has 0 amide bonds. The van der Waals surface area contributed by atoms with E-state index in [9.17, 15) is 0 Å². The molecular weight excluding hydrogens is 781 g/mol. The Kier molecular flexibility index (Phi) is 7.30. The number of aromatic nitrogens is 6. The summed E-state index contributed by atoms with van der Waals surface area (Å²) in [4.78, 5) is 11.1. The standard InChI is InChI=1S/C58H36N6/c1-4-18-37(19-5-1)48-35-57(63-51-30-16-12-27-43(51)47-33-53-46(34-54(47)63)42-26-11-15-29-50(42)61(53)38-20-6-2-7-21-38)60-58(59-48)64-52-31-17-13-25-41(52)45-32-44-40-24-10-14-28-49(40)62(55(44)36-56(45)64)39-22-8-3-9-23-39/h1-36H. The summed E-state index contributed by atoms with van der Waals surface area (Å²) in [6.07, 6.45) is 0. The molecule has 0 unspecified atom stereocenters. The third-order valence-electron chi connectivity index (χ3n) is 13.2. The molecule has 64 heavy (non-hydrogen) atoms. The van der Waals surface area contributed by atoms with Gasteiger partial charge in [-0.2, -0.15) is 4.98 Å². The molecule has 6 nitrogen and oxygen atoms in total. The topological polar surface area (TPSA) is 45.5 Å². The highest BCUT2D eigenvalue weighted by molar-refractivity contribution is 6.20. The van der Waals surface area contributed by atoms with Crippen molar-refractivity contribution < 1.29 is 0 Å². The molecule has 0 aliphatic heterocycles. The van der Waals surface area contributed by atoms with E-state index in [1.54, 1.807) is 0 Å². The van der Waals surface area contributed by atoms with Gasteiger partial charge < -0.3 is 9.13 Å². The fourth-order valence-corrected chi connectivity index (χ4v) is 10.4. The molecule has 0 saturated heterocycles. The molecule has 0 N–H and O–H groups in total. The Morgan fingerprint density at radius 3 is 1.14 bits per heavy atom. The van der Waals surface area contributed by atoms with Crippen LogP contribution in [0, 0.1) is 0 Å². The van der Waals surface area contributed by atoms with E-state index >= 15 is 0 Å². The van der Waals surface area contributed by atoms with Gasteiger partial charge >= 0.3 is 0 Å². The van der Waals surface area contributed by atoms with Crippen molar-refractivity contribution in [3.05, 3.63) is 218 Å². The molecule has 0 saturated carbocycles. The maximum atomic E-state index is 5.65. The molecule has 0 fully saturated rings. The number of fused-ring (bicyclic) bond motifs is 12. The van der Waals surface area contributed by atoms with Gasteiger partial charge in [-0.05, 0) is 72.8 Å². The molecule has 0 spiro atoms. The van der Waals surface area contributed by atoms with Crippen LogP contribution in [0.4, 0.5) is 0 Å². The zero-order valence-corrected chi connectivity index (χ0v) is 34.5. The molecule has 14 rings (SSSR count). The SMILES string of the molecule is c1ccc(-c2cc(-n3c4ccccc4c4cc5c(cc43)c3ccccc3n5-c3ccccc3)nc(-n3c4ccccc4c4cc5c6ccccc6n(-c6ccccc6)c5cc43)n2)cc1. The fourth-order valence-electron chi connectivity index (χ4n) is 10.4. The van der Waals surface area contributed by atoms with E-state index in [-0.39, 0.29) is 0 Å². The summed E-state index contributed by atoms with van der Waals surface area (Å²) >= 11 is 0. The third kappa shape index (κ3) is 4.96. The first-order valence-electron chi connectivity index (χ1n) is 21.8. The number of nitrogens with zero attached hydrogens (tertiary/aromatic N) is 6. The highest BCUT2D eigenvalue weighted by atomic mass is 15.2. The van der Waals surface area contributed by atoms with E-state index in [0.717, 1.165) is 72.2 Å². The van der Waals surface area contributed by atoms with Crippen LogP contribution in [0.15, 0.2) is 218 Å². The number of hydrogen-bond acceptors (Lipinski definition) is 2. The van der Waals surface area contributed by atoms with Crippen molar-refractivity contribution >= 4 is 87.2 Å². The van der Waals surface area contributed by atoms with Crippen LogP contribution in [0.25, 0.3) is 122 Å². The van der Waals surface area contributed by atoms with Crippen molar-refractivity contribution in [2.24, 2.45) is 0 Å². The van der Waals surface area contributed by atoms with Crippen LogP contribution < -0.4 is 0 Å². The predicted molar refractivity (Wildman–Crippen MR) is 265 cm³/mol. The Bertz CT molecular complexity index is 4170. The van der Waals surface area contributed by atoms with Crippen molar-refractivity contribution in [3.63, 3.8) is 0 Å². The van der Waals surface area contributed by atoms with Gasteiger partial charge in [0.05, 0.1) is 49.8 Å². The van der Waals surface area contributed by atoms with Gasteiger partial charge in [0.2, 0.25) is 5.95 Å². The summed E-state index contributed by atoms with van der Waals surface area (Å²) in [5.74, 6) is 1.41. The van der Waals surface area contributed by atoms with Gasteiger partial charge in [0.15, 0.2) is 0 Å². The van der Waals surface area contributed by atoms with Crippen LogP contribution in [-0.4, -0.2) is 28.2 Å². The smallest absolute Gasteiger partial charge is 0.237 e. The minimum Gasteiger partial charge on any atom is -0.309 e. The van der Waals surface area contributed by atoms with E-state index in [1.165, 1.54) is 43.5 Å². The number of para-hydroxylation sites is 6. The van der Waals surface area contributed by atoms with Crippen LogP contribution >= 0.6 is 0 Å². The van der Waals surface area contributed by atoms with Crippen molar-refractivity contribution in [1.82, 2.24) is 28.2 Å². The van der Waals surface area contributed by atoms with Crippen molar-refractivity contribution in [2.75, 3.05) is 0 Å². The number of rotatable bonds is 5. The molecule has 298 valence electrons. The Morgan fingerprint density at radius 2 is 0.625 bits per heavy atom. The van der Waals surface area contributed by atoms with Gasteiger partial charge in [0, 0.05) is 66.1 Å². The molecule has 0 atom stereocenters. The van der Waals surface area contributed by atoms with E-state index in [4.69, 9.17) is 9.97 Å². The molecule has 0 bridgehead atoms. The quantitative estimate of drug-likeness (QED) is 0.174. The molecule has 0 radical (unpaired) electrons. The molecule has 5 heterocycles. The number of hydrogen-bond donors (Lipinski definition) is 0. The van der Waals surface area contributed by atoms with Crippen LogP contribution in [-0.2, 0) is 0 Å². The summed E-state index contributed by atoms with van der Waals surface area (Å²) in [6, 6.07) is 78.3. The second-order valence-electron chi connectivity index (χ2n) is 16.6. The summed E-state index contributed by atoms with van der Waals surface area (Å²) < 4.78 is 9.39. The normalized spacial score (nSPS) is 12.1. The summed E-state index contributed by atoms with van der Waals surface area (Å²) in [5, 5.41) is 9.46. The third-order valence-corrected chi connectivity index (χ3v) is 13.2. The molecule has 5 aromatic heterocycles. The summed E-state index contributed by atoms with van der Waals surface area (Å²) in [7, 11) is 0. The maximum Gasteiger partial charge on any atom is 0.237 e. The van der Waals surface area contributed by atoms with Crippen LogP contribution in [0.5, 0.6) is 0 Å². The van der Waals surface area contributed by atoms with Crippen LogP contribution in [0.2, 0.25) is 0 Å². The molecule has 14 aromatic rings. The number of benzene rings is 9. The highest BCUT2D eigenvalue weighted by Crippen LogP contribution is 2.42. The van der Waals surface area contributed by atoms with Crippen LogP contribution in [0.1, 0.15) is 0 Å². The van der Waals surface area contributed by atoms with E-state index in [2.05, 4.69) is 237 Å². The Labute approximate surface area is 366 Å². The molecule has 0 aliphatic rings. The lowest BCUT2D eigenvalue weighted by atomic mass is 10.1. The van der Waals surface area contributed by atoms with Gasteiger partial charge in [-0.3, -0.25) is 9.13 Å². The van der Waals surface area contributed by atoms with Gasteiger partial charge in [-0.25, -0.2) is 4.98 Å². The maximum absolute atomic E-state index is 5.65. The van der Waals surface area contributed by atoms with Crippen molar-refractivity contribution in [3.8, 4) is 34.4 Å². The van der Waals surface area contributed by atoms with Crippen molar-refractivity contribution in [2.45, 2.75) is 0 Å². The first-order chi connectivity index (χ1) is 31.8. The van der Waals surface area contributed by atoms with Crippen molar-refractivity contribution in [1.29, 1.82) is 0 Å². The second kappa shape index (κ2) is 13.4. The Balaban J connectivity index is 1.09. The monoisotopic (exact) mass is 816 g/mol. The minimum absolute atomic E-state index is 0.608. The average molecular weight is 817 g/mol. The lowest BCUT2D eigenvalue weighted by Gasteiger charge is -2.14. The molecule has 6 heteroatoms. The average Bonchev–Trinajstić information content (AvgIpc) is 4.07. The first kappa shape index (κ1) is 34.9. The minimum atomic E-state index is 0.608. The Hall–Kier alpha value is -8.74. The summed E-state index contributed by atoms with van der Waals surface area (Å²) in [6.45, 7) is 0. The molecular formula is C58H36N6. The fraction of sp³-hybridized carbons (Fsp3) is 0. The molecule has 0 aliphatic carbocycles. The second-order valence-corrected chi connectivity index (χ2v) is 16.6. The largest absolute Gasteiger partial charge is 0.309 e. The van der Waals surface area contributed by atoms with E-state index in [0.29, 0.717) is 5.95 Å². The lowest BCUT2D eigenvalue weighted by Crippen LogP contribution is -2.07. The molecule has 9 aromatic carbocycles.